The number of pyridine rings is 1. The summed E-state index contributed by atoms with van der Waals surface area (Å²) in [5.74, 6) is -1.39. The molecule has 3 aromatic rings. The van der Waals surface area contributed by atoms with Crippen LogP contribution in [0.4, 0.5) is 0 Å². The van der Waals surface area contributed by atoms with E-state index in [0.717, 1.165) is 27.1 Å². The van der Waals surface area contributed by atoms with Gasteiger partial charge in [-0.25, -0.2) is 0 Å². The molecule has 152 valence electrons. The third kappa shape index (κ3) is 3.44. The van der Waals surface area contributed by atoms with E-state index >= 15 is 0 Å². The minimum atomic E-state index is -0.657. The molecule has 1 unspecified atom stereocenters. The van der Waals surface area contributed by atoms with E-state index in [4.69, 9.17) is 0 Å². The molecule has 0 aliphatic carbocycles. The van der Waals surface area contributed by atoms with Gasteiger partial charge < -0.3 is 10.0 Å². The van der Waals surface area contributed by atoms with Gasteiger partial charge in [-0.05, 0) is 61.0 Å². The third-order valence-corrected chi connectivity index (χ3v) is 6.49. The highest BCUT2D eigenvalue weighted by atomic mass is 32.1. The number of nitrogens with zero attached hydrogens (tertiary/aromatic N) is 2. The van der Waals surface area contributed by atoms with E-state index in [1.165, 1.54) is 16.2 Å². The molecule has 0 bridgehead atoms. The first-order chi connectivity index (χ1) is 14.4. The lowest BCUT2D eigenvalue weighted by Crippen LogP contribution is -2.29. The number of amides is 1. The summed E-state index contributed by atoms with van der Waals surface area (Å²) < 4.78 is 0. The Balaban J connectivity index is 1.90. The fourth-order valence-electron chi connectivity index (χ4n) is 3.80. The van der Waals surface area contributed by atoms with Crippen LogP contribution in [0, 0.1) is 20.8 Å². The smallest absolute Gasteiger partial charge is 0.295 e. The molecule has 4 rings (SSSR count). The van der Waals surface area contributed by atoms with Crippen LogP contribution in [-0.4, -0.2) is 26.7 Å². The predicted octanol–water partition coefficient (Wildman–Crippen LogP) is 4.69. The first-order valence-electron chi connectivity index (χ1n) is 9.67. The first-order valence-corrected chi connectivity index (χ1v) is 10.6. The van der Waals surface area contributed by atoms with Gasteiger partial charge in [0.2, 0.25) is 0 Å². The number of thiophene rings is 1. The van der Waals surface area contributed by atoms with E-state index in [2.05, 4.69) is 4.98 Å². The molecular formula is C24H22N2O3S. The highest BCUT2D eigenvalue weighted by Crippen LogP contribution is 2.43. The molecule has 3 heterocycles. The van der Waals surface area contributed by atoms with Crippen molar-refractivity contribution in [3.63, 3.8) is 0 Å². The topological polar surface area (TPSA) is 70.5 Å². The molecule has 1 aromatic carbocycles. The molecule has 5 nitrogen and oxygen atoms in total. The standard InChI is InChI=1S/C24H22N2O3S/c1-14-6-7-15(2)18(11-14)21(27)19-20(23-16(3)8-10-30-23)26(24(29)22(19)28)13-17-5-4-9-25-12-17/h4-12,20,27H,13H2,1-3H3/b21-19+. The van der Waals surface area contributed by atoms with Crippen LogP contribution in [0.25, 0.3) is 5.76 Å². The van der Waals surface area contributed by atoms with E-state index in [1.54, 1.807) is 18.5 Å². The Kier molecular flexibility index (Phi) is 5.26. The van der Waals surface area contributed by atoms with Crippen molar-refractivity contribution in [3.05, 3.63) is 92.4 Å². The summed E-state index contributed by atoms with van der Waals surface area (Å²) in [6, 6.07) is 10.7. The number of hydrogen-bond acceptors (Lipinski definition) is 5. The Hall–Kier alpha value is -3.25. The molecule has 0 spiro atoms. The van der Waals surface area contributed by atoms with Gasteiger partial charge in [-0.1, -0.05) is 23.8 Å². The lowest BCUT2D eigenvalue weighted by Gasteiger charge is -2.25. The summed E-state index contributed by atoms with van der Waals surface area (Å²) in [4.78, 5) is 32.7. The van der Waals surface area contributed by atoms with E-state index in [0.29, 0.717) is 5.56 Å². The number of rotatable bonds is 4. The van der Waals surface area contributed by atoms with Crippen molar-refractivity contribution in [2.45, 2.75) is 33.4 Å². The van der Waals surface area contributed by atoms with E-state index < -0.39 is 17.7 Å². The van der Waals surface area contributed by atoms with E-state index in [1.807, 2.05) is 56.5 Å². The maximum absolute atomic E-state index is 13.1. The maximum atomic E-state index is 13.1. The number of ketones is 1. The van der Waals surface area contributed by atoms with Crippen molar-refractivity contribution < 1.29 is 14.7 Å². The molecule has 6 heteroatoms. The number of hydrogen-bond donors (Lipinski definition) is 1. The number of benzene rings is 1. The molecule has 1 aliphatic rings. The summed E-state index contributed by atoms with van der Waals surface area (Å²) in [6.07, 6.45) is 3.35. The molecule has 0 saturated carbocycles. The van der Waals surface area contributed by atoms with Crippen LogP contribution in [0.5, 0.6) is 0 Å². The summed E-state index contributed by atoms with van der Waals surface area (Å²) >= 11 is 1.48. The van der Waals surface area contributed by atoms with Crippen LogP contribution >= 0.6 is 11.3 Å². The van der Waals surface area contributed by atoms with Gasteiger partial charge >= 0.3 is 0 Å². The maximum Gasteiger partial charge on any atom is 0.295 e. The summed E-state index contributed by atoms with van der Waals surface area (Å²) in [7, 11) is 0. The summed E-state index contributed by atoms with van der Waals surface area (Å²) in [6.45, 7) is 6.00. The molecule has 1 fully saturated rings. The van der Waals surface area contributed by atoms with Crippen molar-refractivity contribution in [2.24, 2.45) is 0 Å². The molecular weight excluding hydrogens is 396 g/mol. The molecule has 1 N–H and O–H groups in total. The van der Waals surface area contributed by atoms with Gasteiger partial charge in [-0.15, -0.1) is 11.3 Å². The van der Waals surface area contributed by atoms with Crippen molar-refractivity contribution in [3.8, 4) is 0 Å². The van der Waals surface area contributed by atoms with Gasteiger partial charge in [0.1, 0.15) is 11.8 Å². The van der Waals surface area contributed by atoms with Crippen LogP contribution < -0.4 is 0 Å². The predicted molar refractivity (Wildman–Crippen MR) is 117 cm³/mol. The van der Waals surface area contributed by atoms with Crippen LogP contribution in [0.3, 0.4) is 0 Å². The number of aromatic nitrogens is 1. The SMILES string of the molecule is Cc1ccc(C)c(/C(O)=C2\C(=O)C(=O)N(Cc3cccnc3)C2c2sccc2C)c1. The number of aliphatic hydroxyl groups is 1. The Morgan fingerprint density at radius 3 is 2.60 bits per heavy atom. The number of carbonyl (C=O) groups excluding carboxylic acids is 2. The molecule has 2 aromatic heterocycles. The minimum absolute atomic E-state index is 0.124. The number of likely N-dealkylation sites (tertiary alicyclic amines) is 1. The lowest BCUT2D eigenvalue weighted by molar-refractivity contribution is -0.140. The van der Waals surface area contributed by atoms with E-state index in [-0.39, 0.29) is 17.9 Å². The fraction of sp³-hybridized carbons (Fsp3) is 0.208. The van der Waals surface area contributed by atoms with Crippen molar-refractivity contribution in [1.29, 1.82) is 0 Å². The first kappa shape index (κ1) is 20.0. The Bertz CT molecular complexity index is 1160. The normalized spacial score (nSPS) is 18.2. The molecule has 30 heavy (non-hydrogen) atoms. The molecule has 1 aliphatic heterocycles. The summed E-state index contributed by atoms with van der Waals surface area (Å²) in [5.41, 5.74) is 4.34. The zero-order valence-electron chi connectivity index (χ0n) is 17.0. The Labute approximate surface area is 179 Å². The number of carbonyl (C=O) groups is 2. The van der Waals surface area contributed by atoms with E-state index in [9.17, 15) is 14.7 Å². The van der Waals surface area contributed by atoms with Gasteiger partial charge in [0.05, 0.1) is 5.57 Å². The minimum Gasteiger partial charge on any atom is -0.507 e. The Morgan fingerprint density at radius 1 is 1.13 bits per heavy atom. The van der Waals surface area contributed by atoms with Gasteiger partial charge in [0.25, 0.3) is 11.7 Å². The van der Waals surface area contributed by atoms with Gasteiger partial charge in [-0.3, -0.25) is 14.6 Å². The fourth-order valence-corrected chi connectivity index (χ4v) is 4.85. The quantitative estimate of drug-likeness (QED) is 0.379. The van der Waals surface area contributed by atoms with Gasteiger partial charge in [-0.2, -0.15) is 0 Å². The number of Topliss-reactive ketones (excluding diaryl/α,β-unsaturated/α-hetero) is 1. The Morgan fingerprint density at radius 2 is 1.93 bits per heavy atom. The van der Waals surface area contributed by atoms with Gasteiger partial charge in [0, 0.05) is 29.4 Å². The highest BCUT2D eigenvalue weighted by molar-refractivity contribution is 7.10. The largest absolute Gasteiger partial charge is 0.507 e. The lowest BCUT2D eigenvalue weighted by atomic mass is 9.95. The monoisotopic (exact) mass is 418 g/mol. The van der Waals surface area contributed by atoms with Crippen molar-refractivity contribution >= 4 is 28.8 Å². The average Bonchev–Trinajstić information content (AvgIpc) is 3.26. The number of aryl methyl sites for hydroxylation is 3. The highest BCUT2D eigenvalue weighted by Gasteiger charge is 2.47. The third-order valence-electron chi connectivity index (χ3n) is 5.41. The zero-order chi connectivity index (χ0) is 21.4. The molecule has 1 amide bonds. The molecule has 1 atom stereocenters. The van der Waals surface area contributed by atoms with Crippen LogP contribution in [0.2, 0.25) is 0 Å². The average molecular weight is 419 g/mol. The van der Waals surface area contributed by atoms with Crippen molar-refractivity contribution in [1.82, 2.24) is 9.88 Å². The van der Waals surface area contributed by atoms with Crippen LogP contribution in [0.1, 0.15) is 38.7 Å². The van der Waals surface area contributed by atoms with Crippen LogP contribution in [0.15, 0.2) is 59.7 Å². The second-order valence-electron chi connectivity index (χ2n) is 7.57. The summed E-state index contributed by atoms with van der Waals surface area (Å²) in [5, 5.41) is 13.2. The second-order valence-corrected chi connectivity index (χ2v) is 8.52. The van der Waals surface area contributed by atoms with Crippen molar-refractivity contribution in [2.75, 3.05) is 0 Å². The van der Waals surface area contributed by atoms with Crippen LogP contribution in [-0.2, 0) is 16.1 Å². The molecule has 1 saturated heterocycles. The van der Waals surface area contributed by atoms with Gasteiger partial charge in [0.15, 0.2) is 0 Å². The molecule has 0 radical (unpaired) electrons. The second kappa shape index (κ2) is 7.88. The number of aliphatic hydroxyl groups excluding tert-OH is 1. The zero-order valence-corrected chi connectivity index (χ0v) is 17.9.